The van der Waals surface area contributed by atoms with Gasteiger partial charge in [0.05, 0.1) is 6.54 Å². The first kappa shape index (κ1) is 14.8. The summed E-state index contributed by atoms with van der Waals surface area (Å²) in [5.41, 5.74) is 3.98. The minimum Gasteiger partial charge on any atom is -0.309 e. The molecule has 3 heteroatoms. The fraction of sp³-hybridized carbons (Fsp3) is 0.100. The topological polar surface area (TPSA) is 45.8 Å². The average Bonchev–Trinajstić information content (AvgIpc) is 2.58. The van der Waals surface area contributed by atoms with Gasteiger partial charge in [-0.2, -0.15) is 5.26 Å². The summed E-state index contributed by atoms with van der Waals surface area (Å²) >= 11 is 0. The Morgan fingerprint density at radius 2 is 1.70 bits per heavy atom. The molecule has 0 N–H and O–H groups in total. The van der Waals surface area contributed by atoms with Gasteiger partial charge in [0, 0.05) is 6.20 Å². The van der Waals surface area contributed by atoms with E-state index in [1.165, 1.54) is 5.56 Å². The lowest BCUT2D eigenvalue weighted by Gasteiger charge is -2.10. The zero-order valence-electron chi connectivity index (χ0n) is 12.9. The highest BCUT2D eigenvalue weighted by Crippen LogP contribution is 2.20. The van der Waals surface area contributed by atoms with Crippen LogP contribution >= 0.6 is 0 Å². The molecule has 0 unspecified atom stereocenters. The Labute approximate surface area is 135 Å². The van der Waals surface area contributed by atoms with Crippen molar-refractivity contribution in [3.8, 4) is 17.2 Å². The number of nitrogens with zero attached hydrogens (tertiary/aromatic N) is 2. The van der Waals surface area contributed by atoms with E-state index in [0.29, 0.717) is 6.54 Å². The number of rotatable bonds is 3. The van der Waals surface area contributed by atoms with Crippen LogP contribution in [0.5, 0.6) is 0 Å². The molecule has 3 rings (SSSR count). The third-order valence-electron chi connectivity index (χ3n) is 3.79. The monoisotopic (exact) mass is 300 g/mol. The van der Waals surface area contributed by atoms with Gasteiger partial charge < -0.3 is 4.57 Å². The quantitative estimate of drug-likeness (QED) is 0.739. The Balaban J connectivity index is 2.09. The fourth-order valence-electron chi connectivity index (χ4n) is 2.52. The molecule has 0 aliphatic heterocycles. The second kappa shape index (κ2) is 6.33. The first-order valence-electron chi connectivity index (χ1n) is 7.43. The van der Waals surface area contributed by atoms with E-state index >= 15 is 0 Å². The molecule has 1 heterocycles. The molecule has 0 aliphatic rings. The molecular formula is C20H16N2O. The van der Waals surface area contributed by atoms with Gasteiger partial charge in [0.1, 0.15) is 11.6 Å². The van der Waals surface area contributed by atoms with Gasteiger partial charge in [0.25, 0.3) is 5.56 Å². The molecule has 112 valence electrons. The Bertz CT molecular complexity index is 917. The standard InChI is InChI=1S/C20H16N2O/c1-15-7-9-17(10-8-15)19-11-18(12-21)20(23)22(14-19)13-16-5-3-2-4-6-16/h2-11,14H,13H2,1H3. The van der Waals surface area contributed by atoms with Gasteiger partial charge in [-0.3, -0.25) is 4.79 Å². The Morgan fingerprint density at radius 3 is 2.35 bits per heavy atom. The molecule has 2 aromatic carbocycles. The van der Waals surface area contributed by atoms with Crippen molar-refractivity contribution in [3.05, 3.63) is 93.9 Å². The van der Waals surface area contributed by atoms with Gasteiger partial charge in [-0.1, -0.05) is 60.2 Å². The number of aryl methyl sites for hydroxylation is 1. The fourth-order valence-corrected chi connectivity index (χ4v) is 2.52. The highest BCUT2D eigenvalue weighted by molar-refractivity contribution is 5.64. The molecule has 0 radical (unpaired) electrons. The number of nitriles is 1. The van der Waals surface area contributed by atoms with Crippen LogP contribution in [0.25, 0.3) is 11.1 Å². The number of hydrogen-bond donors (Lipinski definition) is 0. The van der Waals surface area contributed by atoms with Crippen molar-refractivity contribution in [2.75, 3.05) is 0 Å². The van der Waals surface area contributed by atoms with Crippen LogP contribution in [0.1, 0.15) is 16.7 Å². The number of pyridine rings is 1. The third-order valence-corrected chi connectivity index (χ3v) is 3.79. The van der Waals surface area contributed by atoms with Gasteiger partial charge in [0.15, 0.2) is 0 Å². The summed E-state index contributed by atoms with van der Waals surface area (Å²) in [5, 5.41) is 9.26. The molecule has 0 bridgehead atoms. The van der Waals surface area contributed by atoms with E-state index in [1.54, 1.807) is 10.6 Å². The van der Waals surface area contributed by atoms with E-state index in [-0.39, 0.29) is 11.1 Å². The van der Waals surface area contributed by atoms with Crippen molar-refractivity contribution in [1.82, 2.24) is 4.57 Å². The second-order valence-corrected chi connectivity index (χ2v) is 5.54. The molecule has 0 spiro atoms. The Kier molecular flexibility index (Phi) is 4.07. The van der Waals surface area contributed by atoms with Crippen LogP contribution in [-0.2, 0) is 6.54 Å². The zero-order chi connectivity index (χ0) is 16.2. The first-order valence-corrected chi connectivity index (χ1v) is 7.43. The zero-order valence-corrected chi connectivity index (χ0v) is 12.9. The summed E-state index contributed by atoms with van der Waals surface area (Å²) in [6, 6.07) is 21.5. The number of benzene rings is 2. The normalized spacial score (nSPS) is 10.3. The molecule has 23 heavy (non-hydrogen) atoms. The molecule has 3 nitrogen and oxygen atoms in total. The molecular weight excluding hydrogens is 284 g/mol. The molecule has 0 atom stereocenters. The van der Waals surface area contributed by atoms with Gasteiger partial charge in [0.2, 0.25) is 0 Å². The number of hydrogen-bond acceptors (Lipinski definition) is 2. The SMILES string of the molecule is Cc1ccc(-c2cc(C#N)c(=O)n(Cc3ccccc3)c2)cc1. The van der Waals surface area contributed by atoms with E-state index in [0.717, 1.165) is 16.7 Å². The van der Waals surface area contributed by atoms with Crippen molar-refractivity contribution >= 4 is 0 Å². The van der Waals surface area contributed by atoms with Gasteiger partial charge >= 0.3 is 0 Å². The van der Waals surface area contributed by atoms with E-state index in [9.17, 15) is 10.1 Å². The summed E-state index contributed by atoms with van der Waals surface area (Å²) in [6.07, 6.45) is 1.82. The lowest BCUT2D eigenvalue weighted by atomic mass is 10.0. The van der Waals surface area contributed by atoms with Crippen molar-refractivity contribution in [3.63, 3.8) is 0 Å². The van der Waals surface area contributed by atoms with E-state index in [4.69, 9.17) is 0 Å². The minimum absolute atomic E-state index is 0.166. The minimum atomic E-state index is -0.257. The molecule has 0 saturated heterocycles. The maximum absolute atomic E-state index is 12.4. The van der Waals surface area contributed by atoms with Crippen LogP contribution in [0.2, 0.25) is 0 Å². The van der Waals surface area contributed by atoms with Crippen molar-refractivity contribution in [1.29, 1.82) is 5.26 Å². The van der Waals surface area contributed by atoms with Crippen LogP contribution in [-0.4, -0.2) is 4.57 Å². The molecule has 3 aromatic rings. The lowest BCUT2D eigenvalue weighted by molar-refractivity contribution is 0.758. The third kappa shape index (κ3) is 3.22. The van der Waals surface area contributed by atoms with Crippen molar-refractivity contribution < 1.29 is 0 Å². The second-order valence-electron chi connectivity index (χ2n) is 5.54. The van der Waals surface area contributed by atoms with Crippen molar-refractivity contribution in [2.45, 2.75) is 13.5 Å². The van der Waals surface area contributed by atoms with E-state index < -0.39 is 0 Å². The van der Waals surface area contributed by atoms with Crippen LogP contribution < -0.4 is 5.56 Å². The van der Waals surface area contributed by atoms with Gasteiger partial charge in [-0.05, 0) is 29.7 Å². The first-order chi connectivity index (χ1) is 11.2. The summed E-state index contributed by atoms with van der Waals surface area (Å²) < 4.78 is 1.60. The number of aromatic nitrogens is 1. The molecule has 0 aliphatic carbocycles. The smallest absolute Gasteiger partial charge is 0.268 e. The molecule has 0 amide bonds. The maximum atomic E-state index is 12.4. The predicted molar refractivity (Wildman–Crippen MR) is 91.1 cm³/mol. The maximum Gasteiger partial charge on any atom is 0.268 e. The highest BCUT2D eigenvalue weighted by atomic mass is 16.1. The molecule has 1 aromatic heterocycles. The van der Waals surface area contributed by atoms with Gasteiger partial charge in [-0.25, -0.2) is 0 Å². The largest absolute Gasteiger partial charge is 0.309 e. The Hall–Kier alpha value is -3.12. The summed E-state index contributed by atoms with van der Waals surface area (Å²) in [5.74, 6) is 0. The predicted octanol–water partition coefficient (Wildman–Crippen LogP) is 3.74. The molecule has 0 saturated carbocycles. The van der Waals surface area contributed by atoms with Crippen LogP contribution in [0, 0.1) is 18.3 Å². The van der Waals surface area contributed by atoms with E-state index in [1.807, 2.05) is 73.8 Å². The van der Waals surface area contributed by atoms with E-state index in [2.05, 4.69) is 0 Å². The highest BCUT2D eigenvalue weighted by Gasteiger charge is 2.08. The van der Waals surface area contributed by atoms with Crippen LogP contribution in [0.3, 0.4) is 0 Å². The average molecular weight is 300 g/mol. The molecule has 0 fully saturated rings. The van der Waals surface area contributed by atoms with Gasteiger partial charge in [-0.15, -0.1) is 0 Å². The lowest BCUT2D eigenvalue weighted by Crippen LogP contribution is -2.22. The summed E-state index contributed by atoms with van der Waals surface area (Å²) in [4.78, 5) is 12.4. The van der Waals surface area contributed by atoms with Crippen LogP contribution in [0.4, 0.5) is 0 Å². The summed E-state index contributed by atoms with van der Waals surface area (Å²) in [7, 11) is 0. The summed E-state index contributed by atoms with van der Waals surface area (Å²) in [6.45, 7) is 2.48. The van der Waals surface area contributed by atoms with Crippen LogP contribution in [0.15, 0.2) is 71.7 Å². The Morgan fingerprint density at radius 1 is 1.00 bits per heavy atom. The van der Waals surface area contributed by atoms with Crippen molar-refractivity contribution in [2.24, 2.45) is 0 Å².